The third-order valence-electron chi connectivity index (χ3n) is 2.82. The van der Waals surface area contributed by atoms with Gasteiger partial charge in [0, 0.05) is 25.7 Å². The number of halogens is 1. The Balaban J connectivity index is 2.05. The number of pyridine rings is 1. The van der Waals surface area contributed by atoms with Crippen LogP contribution >= 0.6 is 11.6 Å². The molecule has 0 aliphatic heterocycles. The molecule has 0 unspecified atom stereocenters. The van der Waals surface area contributed by atoms with E-state index in [0.717, 1.165) is 11.4 Å². The van der Waals surface area contributed by atoms with Crippen LogP contribution in [-0.4, -0.2) is 25.0 Å². The molecule has 4 nitrogen and oxygen atoms in total. The molecule has 0 saturated carbocycles. The van der Waals surface area contributed by atoms with Crippen molar-refractivity contribution in [1.82, 2.24) is 10.3 Å². The zero-order chi connectivity index (χ0) is 14.5. The summed E-state index contributed by atoms with van der Waals surface area (Å²) in [5.41, 5.74) is 1.27. The Morgan fingerprint density at radius 3 is 2.65 bits per heavy atom. The summed E-state index contributed by atoms with van der Waals surface area (Å²) >= 11 is 6.05. The average molecular weight is 290 g/mol. The summed E-state index contributed by atoms with van der Waals surface area (Å²) in [4.78, 5) is 18.2. The fraction of sp³-hybridized carbons (Fsp3) is 0.200. The third-order valence-corrected chi connectivity index (χ3v) is 3.19. The van der Waals surface area contributed by atoms with Gasteiger partial charge in [0.2, 0.25) is 0 Å². The smallest absolute Gasteiger partial charge is 0.270 e. The summed E-state index contributed by atoms with van der Waals surface area (Å²) in [6.45, 7) is 0.381. The van der Waals surface area contributed by atoms with E-state index in [2.05, 4.69) is 10.3 Å². The maximum Gasteiger partial charge on any atom is 0.270 e. The van der Waals surface area contributed by atoms with Crippen LogP contribution in [-0.2, 0) is 6.54 Å². The second-order valence-corrected chi connectivity index (χ2v) is 4.96. The molecule has 1 N–H and O–H groups in total. The average Bonchev–Trinajstić information content (AvgIpc) is 2.46. The van der Waals surface area contributed by atoms with E-state index < -0.39 is 0 Å². The zero-order valence-corrected chi connectivity index (χ0v) is 12.2. The molecule has 1 aromatic heterocycles. The Hall–Kier alpha value is -2.07. The number of nitrogens with zero attached hydrogens (tertiary/aromatic N) is 2. The molecule has 0 radical (unpaired) electrons. The summed E-state index contributed by atoms with van der Waals surface area (Å²) in [6, 6.07) is 12.8. The second-order valence-electron chi connectivity index (χ2n) is 4.55. The van der Waals surface area contributed by atoms with Crippen LogP contribution in [0.1, 0.15) is 16.1 Å². The topological polar surface area (TPSA) is 45.2 Å². The molecule has 1 heterocycles. The van der Waals surface area contributed by atoms with Gasteiger partial charge in [0.25, 0.3) is 5.91 Å². The van der Waals surface area contributed by atoms with Gasteiger partial charge in [-0.2, -0.15) is 0 Å². The van der Waals surface area contributed by atoms with Gasteiger partial charge in [0.15, 0.2) is 0 Å². The zero-order valence-electron chi connectivity index (χ0n) is 11.4. The SMILES string of the molecule is CN(C)c1cccc(C(=O)NCc2ccccc2Cl)n1. The fourth-order valence-electron chi connectivity index (χ4n) is 1.71. The van der Waals surface area contributed by atoms with E-state index in [9.17, 15) is 4.79 Å². The normalized spacial score (nSPS) is 10.2. The summed E-state index contributed by atoms with van der Waals surface area (Å²) in [5, 5.41) is 3.46. The van der Waals surface area contributed by atoms with E-state index in [1.165, 1.54) is 0 Å². The van der Waals surface area contributed by atoms with Crippen LogP contribution in [0.3, 0.4) is 0 Å². The van der Waals surface area contributed by atoms with Gasteiger partial charge in [-0.1, -0.05) is 35.9 Å². The molecule has 1 aromatic carbocycles. The number of rotatable bonds is 4. The monoisotopic (exact) mass is 289 g/mol. The van der Waals surface area contributed by atoms with Crippen molar-refractivity contribution in [3.05, 3.63) is 58.7 Å². The first-order valence-electron chi connectivity index (χ1n) is 6.24. The first-order chi connectivity index (χ1) is 9.58. The lowest BCUT2D eigenvalue weighted by molar-refractivity contribution is 0.0946. The number of benzene rings is 1. The molecule has 0 aliphatic rings. The van der Waals surface area contributed by atoms with Gasteiger partial charge in [-0.15, -0.1) is 0 Å². The summed E-state index contributed by atoms with van der Waals surface area (Å²) in [5.74, 6) is 0.531. The van der Waals surface area contributed by atoms with Crippen molar-refractivity contribution >= 4 is 23.3 Å². The van der Waals surface area contributed by atoms with Crippen LogP contribution in [0.15, 0.2) is 42.5 Å². The number of aromatic nitrogens is 1. The van der Waals surface area contributed by atoms with Crippen LogP contribution in [0.2, 0.25) is 5.02 Å². The van der Waals surface area contributed by atoms with Crippen LogP contribution < -0.4 is 10.2 Å². The molecule has 0 fully saturated rings. The Bertz CT molecular complexity index is 614. The molecule has 2 aromatic rings. The van der Waals surface area contributed by atoms with Crippen molar-refractivity contribution in [2.45, 2.75) is 6.54 Å². The molecule has 2 rings (SSSR count). The Morgan fingerprint density at radius 2 is 1.95 bits per heavy atom. The first-order valence-corrected chi connectivity index (χ1v) is 6.61. The molecule has 5 heteroatoms. The number of anilines is 1. The van der Waals surface area contributed by atoms with E-state index in [-0.39, 0.29) is 5.91 Å². The van der Waals surface area contributed by atoms with Crippen molar-refractivity contribution in [2.75, 3.05) is 19.0 Å². The summed E-state index contributed by atoms with van der Waals surface area (Å²) < 4.78 is 0. The number of amides is 1. The van der Waals surface area contributed by atoms with Crippen LogP contribution in [0.25, 0.3) is 0 Å². The highest BCUT2D eigenvalue weighted by atomic mass is 35.5. The fourth-order valence-corrected chi connectivity index (χ4v) is 1.91. The lowest BCUT2D eigenvalue weighted by Gasteiger charge is -2.12. The maximum absolute atomic E-state index is 12.1. The molecule has 0 spiro atoms. The van der Waals surface area contributed by atoms with Crippen LogP contribution in [0.5, 0.6) is 0 Å². The third kappa shape index (κ3) is 3.48. The number of carbonyl (C=O) groups is 1. The van der Waals surface area contributed by atoms with Gasteiger partial charge in [-0.3, -0.25) is 4.79 Å². The van der Waals surface area contributed by atoms with Gasteiger partial charge >= 0.3 is 0 Å². The Kier molecular flexibility index (Phi) is 4.58. The standard InChI is InChI=1S/C15H16ClN3O/c1-19(2)14-9-5-8-13(18-14)15(20)17-10-11-6-3-4-7-12(11)16/h3-9H,10H2,1-2H3,(H,17,20). The highest BCUT2D eigenvalue weighted by Gasteiger charge is 2.09. The van der Waals surface area contributed by atoms with Crippen molar-refractivity contribution in [3.63, 3.8) is 0 Å². The molecule has 104 valence electrons. The lowest BCUT2D eigenvalue weighted by atomic mass is 10.2. The number of carbonyl (C=O) groups excluding carboxylic acids is 1. The van der Waals surface area contributed by atoms with Gasteiger partial charge in [-0.05, 0) is 23.8 Å². The van der Waals surface area contributed by atoms with Crippen molar-refractivity contribution in [3.8, 4) is 0 Å². The molecule has 20 heavy (non-hydrogen) atoms. The maximum atomic E-state index is 12.1. The molecule has 0 bridgehead atoms. The van der Waals surface area contributed by atoms with Crippen molar-refractivity contribution < 1.29 is 4.79 Å². The minimum absolute atomic E-state index is 0.214. The molecule has 0 saturated heterocycles. The van der Waals surface area contributed by atoms with Gasteiger partial charge in [0.1, 0.15) is 11.5 Å². The van der Waals surface area contributed by atoms with E-state index in [0.29, 0.717) is 17.3 Å². The quantitative estimate of drug-likeness (QED) is 0.941. The number of nitrogens with one attached hydrogen (secondary N) is 1. The lowest BCUT2D eigenvalue weighted by Crippen LogP contribution is -2.24. The molecule has 0 atom stereocenters. The molecular weight excluding hydrogens is 274 g/mol. The Morgan fingerprint density at radius 1 is 1.20 bits per heavy atom. The number of hydrogen-bond acceptors (Lipinski definition) is 3. The minimum atomic E-state index is -0.214. The van der Waals surface area contributed by atoms with Crippen molar-refractivity contribution in [2.24, 2.45) is 0 Å². The van der Waals surface area contributed by atoms with E-state index in [4.69, 9.17) is 11.6 Å². The largest absolute Gasteiger partial charge is 0.363 e. The van der Waals surface area contributed by atoms with E-state index in [1.54, 1.807) is 12.1 Å². The van der Waals surface area contributed by atoms with Crippen LogP contribution in [0, 0.1) is 0 Å². The van der Waals surface area contributed by atoms with E-state index >= 15 is 0 Å². The van der Waals surface area contributed by atoms with E-state index in [1.807, 2.05) is 49.3 Å². The minimum Gasteiger partial charge on any atom is -0.363 e. The highest BCUT2D eigenvalue weighted by Crippen LogP contribution is 2.14. The Labute approximate surface area is 123 Å². The summed E-state index contributed by atoms with van der Waals surface area (Å²) in [7, 11) is 3.77. The summed E-state index contributed by atoms with van der Waals surface area (Å²) in [6.07, 6.45) is 0. The van der Waals surface area contributed by atoms with Gasteiger partial charge < -0.3 is 10.2 Å². The van der Waals surface area contributed by atoms with Crippen LogP contribution in [0.4, 0.5) is 5.82 Å². The van der Waals surface area contributed by atoms with Gasteiger partial charge in [-0.25, -0.2) is 4.98 Å². The van der Waals surface area contributed by atoms with Crippen molar-refractivity contribution in [1.29, 1.82) is 0 Å². The first kappa shape index (κ1) is 14.3. The molecule has 1 amide bonds. The predicted molar refractivity (Wildman–Crippen MR) is 81.2 cm³/mol. The number of hydrogen-bond donors (Lipinski definition) is 1. The predicted octanol–water partition coefficient (Wildman–Crippen LogP) is 2.73. The molecular formula is C15H16ClN3O. The highest BCUT2D eigenvalue weighted by molar-refractivity contribution is 6.31. The molecule has 0 aliphatic carbocycles. The second kappa shape index (κ2) is 6.39. The van der Waals surface area contributed by atoms with Gasteiger partial charge in [0.05, 0.1) is 0 Å².